The number of aromatic nitrogens is 1. The molecule has 2 unspecified atom stereocenters. The van der Waals surface area contributed by atoms with Gasteiger partial charge in [0.2, 0.25) is 0 Å². The van der Waals surface area contributed by atoms with E-state index in [0.29, 0.717) is 44.0 Å². The van der Waals surface area contributed by atoms with Crippen LogP contribution >= 0.6 is 11.3 Å². The summed E-state index contributed by atoms with van der Waals surface area (Å²) < 4.78 is 126. The lowest BCUT2D eigenvalue weighted by Crippen LogP contribution is -2.39. The molecule has 126 heavy (non-hydrogen) atoms. The predicted octanol–water partition coefficient (Wildman–Crippen LogP) is 22.0. The molecule has 0 radical (unpaired) electrons. The van der Waals surface area contributed by atoms with Crippen molar-refractivity contribution >= 4 is 88.3 Å². The van der Waals surface area contributed by atoms with Gasteiger partial charge in [-0.2, -0.15) is 25.3 Å². The summed E-state index contributed by atoms with van der Waals surface area (Å²) in [5.41, 5.74) is 9.32. The normalized spacial score (nSPS) is 14.7. The second-order valence-corrected chi connectivity index (χ2v) is 36.7. The van der Waals surface area contributed by atoms with Gasteiger partial charge in [0, 0.05) is 37.2 Å². The molecule has 1 aromatic heterocycles. The van der Waals surface area contributed by atoms with E-state index in [2.05, 4.69) is 93.6 Å². The van der Waals surface area contributed by atoms with E-state index in [1.807, 2.05) is 169 Å². The Morgan fingerprint density at radius 1 is 0.444 bits per heavy atom. The summed E-state index contributed by atoms with van der Waals surface area (Å²) in [6.45, 7) is 32.0. The first-order valence-electron chi connectivity index (χ1n) is 41.6. The van der Waals surface area contributed by atoms with Gasteiger partial charge in [-0.25, -0.2) is 4.98 Å². The minimum Gasteiger partial charge on any atom is -0.459 e. The third-order valence-corrected chi connectivity index (χ3v) is 26.2. The quantitative estimate of drug-likeness (QED) is 0.0166. The van der Waals surface area contributed by atoms with Gasteiger partial charge >= 0.3 is 5.97 Å². The van der Waals surface area contributed by atoms with Gasteiger partial charge in [0.25, 0.3) is 30.4 Å². The number of para-hydroxylation sites is 1. The number of nitrogens with zero attached hydrogens (tertiary/aromatic N) is 1. The van der Waals surface area contributed by atoms with Gasteiger partial charge in [0.15, 0.2) is 11.6 Å². The number of rotatable bonds is 36. The Bertz CT molecular complexity index is 5750. The second kappa shape index (κ2) is 45.4. The molecule has 0 saturated carbocycles. The highest BCUT2D eigenvalue weighted by Crippen LogP contribution is 2.44. The molecule has 0 amide bonds. The summed E-state index contributed by atoms with van der Waals surface area (Å²) in [7, 11) is -11.7. The van der Waals surface area contributed by atoms with Crippen LogP contribution in [-0.2, 0) is 117 Å². The van der Waals surface area contributed by atoms with Gasteiger partial charge in [0.05, 0.1) is 57.9 Å². The highest BCUT2D eigenvalue weighted by atomic mass is 32.2. The molecule has 2 atom stereocenters. The highest BCUT2D eigenvalue weighted by molar-refractivity contribution is 7.87. The number of fused-ring (bicyclic) bond motifs is 1. The zero-order valence-corrected chi connectivity index (χ0v) is 75.4. The number of aliphatic hydroxyl groups is 1. The van der Waals surface area contributed by atoms with Gasteiger partial charge in [-0.3, -0.25) is 17.3 Å². The van der Waals surface area contributed by atoms with Gasteiger partial charge in [0.1, 0.15) is 33.8 Å². The molecule has 12 aromatic rings. The van der Waals surface area contributed by atoms with Crippen LogP contribution in [0, 0.1) is 0 Å². The van der Waals surface area contributed by atoms with Crippen LogP contribution in [-0.4, -0.2) is 99.8 Å². The van der Waals surface area contributed by atoms with E-state index in [0.717, 1.165) is 74.5 Å². The Kier molecular flexibility index (Phi) is 35.0. The summed E-state index contributed by atoms with van der Waals surface area (Å²) in [5, 5.41) is 12.2. The molecule has 2 saturated heterocycles. The Morgan fingerprint density at radius 3 is 1.22 bits per heavy atom. The number of ether oxygens (including phenoxy) is 6. The topological polar surface area (TPSA) is 239 Å². The highest BCUT2D eigenvalue weighted by Gasteiger charge is 2.46. The number of carbonyl (C=O) groups excluding carboxylic acids is 1. The molecule has 18 nitrogen and oxygen atoms in total. The number of aryl methyl sites for hydroxylation is 2. The van der Waals surface area contributed by atoms with Crippen LogP contribution in [0.5, 0.6) is 0 Å². The molecule has 14 rings (SSSR count). The van der Waals surface area contributed by atoms with E-state index in [9.17, 15) is 35.2 Å². The van der Waals surface area contributed by atoms with Crippen LogP contribution in [0.1, 0.15) is 139 Å². The fraction of sp³-hybridized carbons (Fsp3) is 0.250. The smallest absolute Gasteiger partial charge is 0.319 e. The van der Waals surface area contributed by atoms with Crippen molar-refractivity contribution in [3.05, 3.63) is 402 Å². The number of esters is 1. The molecule has 22 heteroatoms. The molecule has 2 aliphatic heterocycles. The SMILES string of the molecule is C=Cc1ccc(CCC(C)(C(=O)OC(C)(C)C)c2nc3ccccc3s2)cc1.C=Cc1ccc(CCC2(c3ccccc3)CO2)cc1.C=Cc1ccc(S(=O)(=O)OCC(O)(c2ccccc2)c2ccccc2)cc1.C=Cc1ccc(S(=O)(=O)OCCC(OCC)(OCC)c2ccccc2)cc1.C=Cc1ccc(S(=O)(=O)OCCC2(c3ccccc3)OCCO2)cc1. The first kappa shape index (κ1) is 97.2. The van der Waals surface area contributed by atoms with E-state index < -0.39 is 65.2 Å². The lowest BCUT2D eigenvalue weighted by molar-refractivity contribution is -0.249. The second-order valence-electron chi connectivity index (χ2n) is 30.8. The van der Waals surface area contributed by atoms with E-state index in [1.165, 1.54) is 58.7 Å². The number of hydrogen-bond acceptors (Lipinski definition) is 19. The van der Waals surface area contributed by atoms with Crippen molar-refractivity contribution in [2.24, 2.45) is 0 Å². The Morgan fingerprint density at radius 2 is 0.817 bits per heavy atom. The van der Waals surface area contributed by atoms with Crippen LogP contribution in [0.25, 0.3) is 40.6 Å². The van der Waals surface area contributed by atoms with Crippen molar-refractivity contribution in [3.8, 4) is 0 Å². The lowest BCUT2D eigenvalue weighted by Gasteiger charge is -2.33. The largest absolute Gasteiger partial charge is 0.459 e. The Labute approximate surface area is 747 Å². The predicted molar refractivity (Wildman–Crippen MR) is 502 cm³/mol. The first-order valence-corrected chi connectivity index (χ1v) is 46.6. The molecule has 0 bridgehead atoms. The van der Waals surface area contributed by atoms with Crippen molar-refractivity contribution in [2.75, 3.05) is 52.9 Å². The Balaban J connectivity index is 0.000000165. The molecule has 2 aliphatic rings. The zero-order chi connectivity index (χ0) is 90.3. The van der Waals surface area contributed by atoms with Gasteiger partial charge in [-0.05, 0) is 171 Å². The third-order valence-electron chi connectivity index (χ3n) is 21.0. The fourth-order valence-electron chi connectivity index (χ4n) is 13.7. The molecule has 3 heterocycles. The van der Waals surface area contributed by atoms with Gasteiger partial charge in [-0.15, -0.1) is 11.3 Å². The molecule has 0 aliphatic carbocycles. The average Bonchev–Trinajstić information content (AvgIpc) is 1.60. The van der Waals surface area contributed by atoms with Crippen molar-refractivity contribution < 1.29 is 76.1 Å². The summed E-state index contributed by atoms with van der Waals surface area (Å²) in [6.07, 6.45) is 12.6. The maximum atomic E-state index is 13.2. The number of epoxide rings is 1. The summed E-state index contributed by atoms with van der Waals surface area (Å²) in [6, 6.07) is 91.0. The van der Waals surface area contributed by atoms with Crippen LogP contribution in [0.3, 0.4) is 0 Å². The van der Waals surface area contributed by atoms with E-state index in [1.54, 1.807) is 114 Å². The summed E-state index contributed by atoms with van der Waals surface area (Å²) in [4.78, 5) is 18.2. The van der Waals surface area contributed by atoms with Gasteiger partial charge < -0.3 is 33.5 Å². The lowest BCUT2D eigenvalue weighted by atomic mass is 9.84. The maximum Gasteiger partial charge on any atom is 0.319 e. The van der Waals surface area contributed by atoms with Crippen LogP contribution in [0.2, 0.25) is 0 Å². The van der Waals surface area contributed by atoms with Crippen LogP contribution < -0.4 is 0 Å². The minimum atomic E-state index is -4.03. The van der Waals surface area contributed by atoms with Gasteiger partial charge in [-0.1, -0.05) is 312 Å². The molecule has 11 aromatic carbocycles. The summed E-state index contributed by atoms with van der Waals surface area (Å²) in [5.74, 6) is -2.22. The van der Waals surface area contributed by atoms with Crippen LogP contribution in [0.15, 0.2) is 345 Å². The maximum absolute atomic E-state index is 13.2. The molecule has 658 valence electrons. The van der Waals surface area contributed by atoms with Crippen LogP contribution in [0.4, 0.5) is 0 Å². The van der Waals surface area contributed by atoms with Crippen molar-refractivity contribution in [1.29, 1.82) is 0 Å². The van der Waals surface area contributed by atoms with E-state index >= 15 is 0 Å². The minimum absolute atomic E-state index is 0.0246. The average molecular weight is 1780 g/mol. The zero-order valence-electron chi connectivity index (χ0n) is 72.2. The molecule has 1 N–H and O–H groups in total. The first-order chi connectivity index (χ1) is 60.5. The number of carbonyl (C=O) groups is 1. The van der Waals surface area contributed by atoms with Crippen molar-refractivity contribution in [2.45, 2.75) is 129 Å². The molecule has 0 spiro atoms. The number of hydrogen-bond donors (Lipinski definition) is 1. The number of thiazole rings is 1. The fourth-order valence-corrected chi connectivity index (χ4v) is 17.6. The third kappa shape index (κ3) is 26.8. The van der Waals surface area contributed by atoms with Crippen molar-refractivity contribution in [3.63, 3.8) is 0 Å². The number of benzene rings is 11. The molecular weight excluding hydrogens is 1660 g/mol. The standard InChI is InChI=1S/C24H27NO2S.C22H20O4S.C21H26O5S.C19H20O5S.C18H18O/c1-6-17-11-13-18(14-12-17)15-16-24(5,22(26)27-23(2,3)4)21-25-19-9-7-8-10-20(19)28-21;1-2-18-13-15-21(16-14-18)27(24,25)26-17-22(23,19-9-5-3-6-10-19)20-11-7-4-8-12-20;1-4-18-12-14-20(15-13-18)27(22,23)26-17-16-21(24-5-2,25-6-3)19-10-8-7-9-11-19;1-2-16-8-10-18(11-9-16)25(20,21)24-13-12-19(22-14-15-23-19)17-6-4-3-5-7-17;1-2-15-8-10-16(11-9-15)12-13-18(14-19-18)17-6-4-3-5-7-17/h6-14H,1,15-16H2,2-5H3;2-16,23H,1,17H2;4,7-15H,1,5-6,16-17H2,2-3H3;2-11H,1,12-15H2;2-11H,1,12-14H2. The van der Waals surface area contributed by atoms with E-state index in [-0.39, 0.29) is 52.3 Å². The Hall–Kier alpha value is -11.0. The van der Waals surface area contributed by atoms with Crippen molar-refractivity contribution in [1.82, 2.24) is 4.98 Å². The van der Waals surface area contributed by atoms with E-state index in [4.69, 9.17) is 46.0 Å². The molecule has 2 fully saturated rings. The monoisotopic (exact) mass is 1770 g/mol. The molecular formula is C104H111NO17S4. The summed E-state index contributed by atoms with van der Waals surface area (Å²) >= 11 is 1.57.